The number of nitrogens with two attached hydrogens (primary N) is 1. The van der Waals surface area contributed by atoms with E-state index >= 15 is 0 Å². The van der Waals surface area contributed by atoms with E-state index in [1.807, 2.05) is 53.6 Å². The molecule has 6 nitrogen and oxygen atoms in total. The number of nitrogens with zero attached hydrogens (tertiary/aromatic N) is 3. The number of halogens is 1. The van der Waals surface area contributed by atoms with Gasteiger partial charge in [-0.05, 0) is 42.6 Å². The fourth-order valence-electron chi connectivity index (χ4n) is 4.34. The Morgan fingerprint density at radius 2 is 1.94 bits per heavy atom. The third-order valence-electron chi connectivity index (χ3n) is 5.99. The van der Waals surface area contributed by atoms with Crippen molar-refractivity contribution in [1.82, 2.24) is 14.5 Å². The predicted octanol–water partition coefficient (Wildman–Crippen LogP) is 6.03. The minimum Gasteiger partial charge on any atom is -0.472 e. The quantitative estimate of drug-likeness (QED) is 0.294. The Morgan fingerprint density at radius 3 is 2.60 bits per heavy atom. The summed E-state index contributed by atoms with van der Waals surface area (Å²) in [7, 11) is 0. The molecule has 0 radical (unpaired) electrons. The summed E-state index contributed by atoms with van der Waals surface area (Å²) in [4.78, 5) is 20.6. The lowest BCUT2D eigenvalue weighted by Gasteiger charge is -2.34. The van der Waals surface area contributed by atoms with Crippen molar-refractivity contribution in [3.05, 3.63) is 101 Å². The van der Waals surface area contributed by atoms with Crippen LogP contribution in [0.2, 0.25) is 5.02 Å². The summed E-state index contributed by atoms with van der Waals surface area (Å²) in [6.45, 7) is 5.88. The van der Waals surface area contributed by atoms with Gasteiger partial charge in [-0.25, -0.2) is 4.98 Å². The van der Waals surface area contributed by atoms with E-state index in [-0.39, 0.29) is 17.9 Å². The van der Waals surface area contributed by atoms with Crippen LogP contribution in [0.25, 0.3) is 11.3 Å². The third kappa shape index (κ3) is 5.84. The Morgan fingerprint density at radius 1 is 1.14 bits per heavy atom. The normalized spacial score (nSPS) is 12.1. The van der Waals surface area contributed by atoms with Crippen LogP contribution in [-0.4, -0.2) is 33.4 Å². The van der Waals surface area contributed by atoms with Gasteiger partial charge in [0.05, 0.1) is 23.6 Å². The predicted molar refractivity (Wildman–Crippen MR) is 139 cm³/mol. The zero-order valence-electron chi connectivity index (χ0n) is 20.1. The molecule has 0 bridgehead atoms. The van der Waals surface area contributed by atoms with Crippen LogP contribution < -0.4 is 5.73 Å². The lowest BCUT2D eigenvalue weighted by Crippen LogP contribution is -2.40. The number of aromatic nitrogens is 2. The first-order chi connectivity index (χ1) is 17.0. The highest BCUT2D eigenvalue weighted by Gasteiger charge is 2.32. The second-order valence-electron chi connectivity index (χ2n) is 8.95. The summed E-state index contributed by atoms with van der Waals surface area (Å²) in [5.74, 6) is 0.838. The molecule has 1 atom stereocenters. The molecule has 0 saturated carbocycles. The molecular formula is C28H31ClN4O2. The molecule has 2 heterocycles. The first-order valence-corrected chi connectivity index (χ1v) is 12.3. The molecule has 0 aliphatic rings. The fourth-order valence-corrected chi connectivity index (χ4v) is 4.53. The van der Waals surface area contributed by atoms with Crippen LogP contribution in [0.3, 0.4) is 0 Å². The van der Waals surface area contributed by atoms with E-state index < -0.39 is 0 Å². The lowest BCUT2D eigenvalue weighted by atomic mass is 10.00. The highest BCUT2D eigenvalue weighted by atomic mass is 35.5. The smallest absolute Gasteiger partial charge is 0.257 e. The standard InChI is InChI=1S/C28H31ClN4O2/c1-20(2)26(33(14-7-13-30)28(34)23-12-15-35-19-23)27-31-25(22-10-6-11-24(29)16-22)18-32(27)17-21-8-4-3-5-9-21/h3-6,8-12,15-16,18-20,26H,7,13-14,17,30H2,1-2H3/t26-/m1/s1. The van der Waals surface area contributed by atoms with E-state index in [2.05, 4.69) is 30.5 Å². The summed E-state index contributed by atoms with van der Waals surface area (Å²) in [5.41, 5.74) is 9.27. The van der Waals surface area contributed by atoms with Crippen molar-refractivity contribution in [1.29, 1.82) is 0 Å². The molecule has 35 heavy (non-hydrogen) atoms. The molecule has 0 aliphatic carbocycles. The highest BCUT2D eigenvalue weighted by molar-refractivity contribution is 6.30. The highest BCUT2D eigenvalue weighted by Crippen LogP contribution is 2.33. The van der Waals surface area contributed by atoms with Gasteiger partial charge in [-0.3, -0.25) is 4.79 Å². The largest absolute Gasteiger partial charge is 0.472 e. The second kappa shape index (κ2) is 11.4. The zero-order valence-corrected chi connectivity index (χ0v) is 20.9. The Labute approximate surface area is 211 Å². The van der Waals surface area contributed by atoms with Crippen molar-refractivity contribution in [2.75, 3.05) is 13.1 Å². The van der Waals surface area contributed by atoms with Gasteiger partial charge in [-0.15, -0.1) is 0 Å². The molecule has 0 saturated heterocycles. The van der Waals surface area contributed by atoms with Gasteiger partial charge in [0, 0.05) is 29.9 Å². The average Bonchev–Trinajstić information content (AvgIpc) is 3.53. The number of carbonyl (C=O) groups is 1. The van der Waals surface area contributed by atoms with Crippen LogP contribution in [0.5, 0.6) is 0 Å². The van der Waals surface area contributed by atoms with Crippen LogP contribution in [-0.2, 0) is 6.54 Å². The van der Waals surface area contributed by atoms with Gasteiger partial charge in [0.1, 0.15) is 12.1 Å². The Balaban J connectivity index is 1.82. The average molecular weight is 491 g/mol. The van der Waals surface area contributed by atoms with Crippen LogP contribution >= 0.6 is 11.6 Å². The number of rotatable bonds is 10. The van der Waals surface area contributed by atoms with Crippen LogP contribution in [0, 0.1) is 5.92 Å². The summed E-state index contributed by atoms with van der Waals surface area (Å²) in [5, 5.41) is 0.654. The maximum Gasteiger partial charge on any atom is 0.257 e. The Hall–Kier alpha value is -3.35. The number of imidazole rings is 1. The van der Waals surface area contributed by atoms with Gasteiger partial charge in [-0.2, -0.15) is 0 Å². The molecule has 2 aromatic carbocycles. The van der Waals surface area contributed by atoms with E-state index in [0.717, 1.165) is 22.6 Å². The van der Waals surface area contributed by atoms with Crippen molar-refractivity contribution in [3.63, 3.8) is 0 Å². The molecular weight excluding hydrogens is 460 g/mol. The number of amides is 1. The van der Waals surface area contributed by atoms with Gasteiger partial charge < -0.3 is 19.6 Å². The number of carbonyl (C=O) groups excluding carboxylic acids is 1. The third-order valence-corrected chi connectivity index (χ3v) is 6.22. The number of hydrogen-bond acceptors (Lipinski definition) is 4. The molecule has 0 fully saturated rings. The van der Waals surface area contributed by atoms with E-state index in [0.29, 0.717) is 36.6 Å². The van der Waals surface area contributed by atoms with Crippen molar-refractivity contribution < 1.29 is 9.21 Å². The Bertz CT molecular complexity index is 1240. The van der Waals surface area contributed by atoms with E-state index in [1.165, 1.54) is 12.5 Å². The van der Waals surface area contributed by atoms with Gasteiger partial charge in [-0.1, -0.05) is 67.9 Å². The number of benzene rings is 2. The van der Waals surface area contributed by atoms with Crippen molar-refractivity contribution in [2.45, 2.75) is 32.9 Å². The van der Waals surface area contributed by atoms with Crippen LogP contribution in [0.15, 0.2) is 83.8 Å². The zero-order chi connectivity index (χ0) is 24.8. The van der Waals surface area contributed by atoms with E-state index in [4.69, 9.17) is 26.7 Å². The van der Waals surface area contributed by atoms with E-state index in [9.17, 15) is 4.79 Å². The minimum atomic E-state index is -0.263. The van der Waals surface area contributed by atoms with E-state index in [1.54, 1.807) is 6.07 Å². The summed E-state index contributed by atoms with van der Waals surface area (Å²) < 4.78 is 7.35. The SMILES string of the molecule is CC(C)[C@H](c1nc(-c2cccc(Cl)c2)cn1Cc1ccccc1)N(CCCN)C(=O)c1ccoc1. The molecule has 0 aliphatic heterocycles. The summed E-state index contributed by atoms with van der Waals surface area (Å²) in [6.07, 6.45) is 5.75. The first-order valence-electron chi connectivity index (χ1n) is 11.9. The molecule has 4 aromatic rings. The van der Waals surface area contributed by atoms with Crippen LogP contribution in [0.4, 0.5) is 0 Å². The monoisotopic (exact) mass is 490 g/mol. The van der Waals surface area contributed by atoms with Crippen molar-refractivity contribution in [2.24, 2.45) is 11.7 Å². The minimum absolute atomic E-state index is 0.0931. The molecule has 4 rings (SSSR count). The molecule has 7 heteroatoms. The van der Waals surface area contributed by atoms with Gasteiger partial charge in [0.15, 0.2) is 0 Å². The summed E-state index contributed by atoms with van der Waals surface area (Å²) in [6, 6.07) is 19.4. The summed E-state index contributed by atoms with van der Waals surface area (Å²) >= 11 is 6.28. The first kappa shape index (κ1) is 24.8. The molecule has 1 amide bonds. The van der Waals surface area contributed by atoms with Crippen LogP contribution in [0.1, 0.15) is 48.1 Å². The molecule has 0 spiro atoms. The number of furan rings is 1. The van der Waals surface area contributed by atoms with Crippen molar-refractivity contribution >= 4 is 17.5 Å². The topological polar surface area (TPSA) is 77.3 Å². The maximum absolute atomic E-state index is 13.6. The lowest BCUT2D eigenvalue weighted by molar-refractivity contribution is 0.0604. The molecule has 2 N–H and O–H groups in total. The maximum atomic E-state index is 13.6. The van der Waals surface area contributed by atoms with Crippen molar-refractivity contribution in [3.8, 4) is 11.3 Å². The van der Waals surface area contributed by atoms with Gasteiger partial charge in [0.25, 0.3) is 5.91 Å². The van der Waals surface area contributed by atoms with Gasteiger partial charge >= 0.3 is 0 Å². The molecule has 0 unspecified atom stereocenters. The molecule has 2 aromatic heterocycles. The number of hydrogen-bond donors (Lipinski definition) is 1. The Kier molecular flexibility index (Phi) is 8.06. The fraction of sp³-hybridized carbons (Fsp3) is 0.286. The van der Waals surface area contributed by atoms with Gasteiger partial charge in [0.2, 0.25) is 0 Å². The second-order valence-corrected chi connectivity index (χ2v) is 9.39. The molecule has 182 valence electrons.